The highest BCUT2D eigenvalue weighted by Crippen LogP contribution is 2.37. The Kier molecular flexibility index (Phi) is 7.01. The molecule has 1 aromatic heterocycles. The van der Waals surface area contributed by atoms with Crippen molar-refractivity contribution < 1.29 is 22.3 Å². The average Bonchev–Trinajstić information content (AvgIpc) is 3.21. The van der Waals surface area contributed by atoms with Crippen LogP contribution in [0.25, 0.3) is 10.9 Å². The molecule has 0 unspecified atom stereocenters. The van der Waals surface area contributed by atoms with Gasteiger partial charge in [0, 0.05) is 22.7 Å². The third-order valence-electron chi connectivity index (χ3n) is 6.78. The lowest BCUT2D eigenvalue weighted by Gasteiger charge is -2.27. The summed E-state index contributed by atoms with van der Waals surface area (Å²) in [6.07, 6.45) is -2.72. The summed E-state index contributed by atoms with van der Waals surface area (Å²) in [6, 6.07) is 4.98. The largest absolute Gasteiger partial charge is 0.489 e. The first-order valence-electron chi connectivity index (χ1n) is 11.9. The number of halogens is 4. The Labute approximate surface area is 207 Å². The summed E-state index contributed by atoms with van der Waals surface area (Å²) in [5.74, 6) is 0.153. The minimum absolute atomic E-state index is 0.0440. The van der Waals surface area contributed by atoms with E-state index in [9.17, 15) is 17.6 Å². The Hall–Kier alpha value is -3.14. The fourth-order valence-corrected chi connectivity index (χ4v) is 4.90. The summed E-state index contributed by atoms with van der Waals surface area (Å²) in [5.41, 5.74) is 5.46. The van der Waals surface area contributed by atoms with Gasteiger partial charge in [0.25, 0.3) is 0 Å². The summed E-state index contributed by atoms with van der Waals surface area (Å²) < 4.78 is 61.2. The molecule has 2 aromatic carbocycles. The van der Waals surface area contributed by atoms with Crippen molar-refractivity contribution in [3.8, 4) is 5.75 Å². The first-order chi connectivity index (χ1) is 16.8. The van der Waals surface area contributed by atoms with Gasteiger partial charge >= 0.3 is 6.18 Å². The first kappa shape index (κ1) is 25.9. The Morgan fingerprint density at radius 2 is 1.86 bits per heavy atom. The van der Waals surface area contributed by atoms with E-state index in [4.69, 9.17) is 10.5 Å². The predicted molar refractivity (Wildman–Crippen MR) is 133 cm³/mol. The zero-order chi connectivity index (χ0) is 26.4. The fraction of sp³-hybridized carbons (Fsp3) is 0.462. The fourth-order valence-electron chi connectivity index (χ4n) is 4.90. The summed E-state index contributed by atoms with van der Waals surface area (Å²) in [5, 5.41) is 3.70. The second-order valence-corrected chi connectivity index (χ2v) is 9.60. The van der Waals surface area contributed by atoms with Crippen LogP contribution < -0.4 is 15.8 Å². The molecule has 0 bridgehead atoms. The molecule has 0 spiro atoms. The number of nitrogens with two attached hydrogens (primary N) is 1. The van der Waals surface area contributed by atoms with E-state index in [1.165, 1.54) is 6.07 Å². The van der Waals surface area contributed by atoms with Gasteiger partial charge in [0.2, 0.25) is 0 Å². The second kappa shape index (κ2) is 9.72. The van der Waals surface area contributed by atoms with Crippen molar-refractivity contribution in [2.75, 3.05) is 24.6 Å². The summed E-state index contributed by atoms with van der Waals surface area (Å²) >= 11 is 0. The van der Waals surface area contributed by atoms with Crippen LogP contribution in [-0.4, -0.2) is 40.6 Å². The standard InChI is InChI=1S/C26H31F4N5O/c1-13-9-21-19(12-23(13)36-15(3)22-7-6-8-35(22)5)25(34-16(4)33-21)32-14(2)18-10-17(31)11-20(24(18)27)26(28,29)30/h9-12,14-15,22H,6-8,31H2,1-5H3,(H,32,33,34)/t14-,15-,22+/m1/s1. The molecule has 3 atom stereocenters. The number of ether oxygens (including phenoxy) is 1. The highest BCUT2D eigenvalue weighted by atomic mass is 19.4. The van der Waals surface area contributed by atoms with E-state index in [0.29, 0.717) is 40.4 Å². The third-order valence-corrected chi connectivity index (χ3v) is 6.78. The monoisotopic (exact) mass is 505 g/mol. The molecule has 1 fully saturated rings. The summed E-state index contributed by atoms with van der Waals surface area (Å²) in [6.45, 7) is 8.29. The number of hydrogen-bond acceptors (Lipinski definition) is 6. The van der Waals surface area contributed by atoms with Gasteiger partial charge in [-0.3, -0.25) is 4.90 Å². The molecule has 3 N–H and O–H groups in total. The third kappa shape index (κ3) is 5.18. The number of nitrogens with one attached hydrogen (secondary N) is 1. The van der Waals surface area contributed by atoms with Gasteiger partial charge in [0.1, 0.15) is 29.3 Å². The Morgan fingerprint density at radius 1 is 1.14 bits per heavy atom. The van der Waals surface area contributed by atoms with Gasteiger partial charge in [-0.25, -0.2) is 14.4 Å². The number of likely N-dealkylation sites (N-methyl/N-ethyl adjacent to an activating group) is 1. The van der Waals surface area contributed by atoms with Crippen LogP contribution in [0.1, 0.15) is 55.2 Å². The van der Waals surface area contributed by atoms with Gasteiger partial charge in [-0.05, 0) is 84.0 Å². The SMILES string of the molecule is Cc1nc(N[C@H](C)c2cc(N)cc(C(F)(F)F)c2F)c2cc(O[C@H](C)[C@@H]3CCCN3C)c(C)cc2n1. The highest BCUT2D eigenvalue weighted by molar-refractivity contribution is 5.91. The molecular formula is C26H31F4N5O. The number of anilines is 2. The van der Waals surface area contributed by atoms with Crippen LogP contribution in [0.2, 0.25) is 0 Å². The lowest BCUT2D eigenvalue weighted by molar-refractivity contribution is -0.140. The number of hydrogen-bond donors (Lipinski definition) is 2. The van der Waals surface area contributed by atoms with Crippen LogP contribution in [-0.2, 0) is 6.18 Å². The van der Waals surface area contributed by atoms with E-state index in [2.05, 4.69) is 27.2 Å². The van der Waals surface area contributed by atoms with Gasteiger partial charge in [0.15, 0.2) is 0 Å². The molecule has 0 amide bonds. The van der Waals surface area contributed by atoms with Gasteiger partial charge in [-0.1, -0.05) is 0 Å². The minimum Gasteiger partial charge on any atom is -0.489 e. The molecule has 1 aliphatic rings. The van der Waals surface area contributed by atoms with E-state index >= 15 is 0 Å². The maximum Gasteiger partial charge on any atom is 0.419 e. The quantitative estimate of drug-likeness (QED) is 0.315. The lowest BCUT2D eigenvalue weighted by Crippen LogP contribution is -2.38. The minimum atomic E-state index is -4.86. The predicted octanol–water partition coefficient (Wildman–Crippen LogP) is 6.02. The zero-order valence-electron chi connectivity index (χ0n) is 21.0. The van der Waals surface area contributed by atoms with Crippen molar-refractivity contribution in [2.24, 2.45) is 0 Å². The number of nitrogens with zero attached hydrogens (tertiary/aromatic N) is 3. The lowest BCUT2D eigenvalue weighted by atomic mass is 10.0. The number of nitrogen functional groups attached to an aromatic ring is 1. The molecule has 1 aliphatic heterocycles. The Bertz CT molecular complexity index is 1280. The molecule has 0 saturated carbocycles. The van der Waals surface area contributed by atoms with Crippen LogP contribution in [0.3, 0.4) is 0 Å². The van der Waals surface area contributed by atoms with Crippen molar-refractivity contribution in [3.05, 3.63) is 52.6 Å². The molecular weight excluding hydrogens is 474 g/mol. The number of benzene rings is 2. The van der Waals surface area contributed by atoms with Gasteiger partial charge in [-0.2, -0.15) is 13.2 Å². The first-order valence-corrected chi connectivity index (χ1v) is 11.9. The molecule has 3 aromatic rings. The van der Waals surface area contributed by atoms with Gasteiger partial charge < -0.3 is 15.8 Å². The topological polar surface area (TPSA) is 76.3 Å². The van der Waals surface area contributed by atoms with Crippen molar-refractivity contribution in [1.29, 1.82) is 0 Å². The Morgan fingerprint density at radius 3 is 2.50 bits per heavy atom. The van der Waals surface area contributed by atoms with E-state index in [1.54, 1.807) is 13.8 Å². The van der Waals surface area contributed by atoms with E-state index < -0.39 is 23.6 Å². The van der Waals surface area contributed by atoms with Crippen molar-refractivity contribution in [2.45, 2.75) is 64.9 Å². The molecule has 36 heavy (non-hydrogen) atoms. The normalized spacial score (nSPS) is 18.4. The zero-order valence-corrected chi connectivity index (χ0v) is 21.0. The number of alkyl halides is 3. The molecule has 194 valence electrons. The molecule has 6 nitrogen and oxygen atoms in total. The highest BCUT2D eigenvalue weighted by Gasteiger charge is 2.36. The smallest absolute Gasteiger partial charge is 0.419 e. The van der Waals surface area contributed by atoms with Gasteiger partial charge in [0.05, 0.1) is 17.1 Å². The summed E-state index contributed by atoms with van der Waals surface area (Å²) in [7, 11) is 2.09. The van der Waals surface area contributed by atoms with Crippen molar-refractivity contribution >= 4 is 22.4 Å². The van der Waals surface area contributed by atoms with Crippen molar-refractivity contribution in [3.63, 3.8) is 0 Å². The molecule has 0 radical (unpaired) electrons. The van der Waals surface area contributed by atoms with E-state index in [1.807, 2.05) is 26.0 Å². The Balaban J connectivity index is 1.70. The maximum absolute atomic E-state index is 14.9. The summed E-state index contributed by atoms with van der Waals surface area (Å²) in [4.78, 5) is 11.3. The number of aromatic nitrogens is 2. The average molecular weight is 506 g/mol. The van der Waals surface area contributed by atoms with Gasteiger partial charge in [-0.15, -0.1) is 0 Å². The van der Waals surface area contributed by atoms with Crippen LogP contribution in [0.4, 0.5) is 29.1 Å². The van der Waals surface area contributed by atoms with E-state index in [-0.39, 0.29) is 17.4 Å². The molecule has 4 rings (SSSR count). The van der Waals surface area contributed by atoms with Crippen LogP contribution in [0.15, 0.2) is 24.3 Å². The van der Waals surface area contributed by atoms with Crippen LogP contribution >= 0.6 is 0 Å². The molecule has 1 saturated heterocycles. The number of fused-ring (bicyclic) bond motifs is 1. The maximum atomic E-state index is 14.9. The number of aryl methyl sites for hydroxylation is 2. The van der Waals surface area contributed by atoms with Crippen LogP contribution in [0.5, 0.6) is 5.75 Å². The molecule has 10 heteroatoms. The van der Waals surface area contributed by atoms with E-state index in [0.717, 1.165) is 24.9 Å². The van der Waals surface area contributed by atoms with Crippen LogP contribution in [0, 0.1) is 19.7 Å². The second-order valence-electron chi connectivity index (χ2n) is 9.60. The van der Waals surface area contributed by atoms with Crippen molar-refractivity contribution in [1.82, 2.24) is 14.9 Å². The number of rotatable bonds is 6. The number of likely N-dealkylation sites (tertiary alicyclic amines) is 1. The molecule has 0 aliphatic carbocycles. The molecule has 2 heterocycles.